The highest BCUT2D eigenvalue weighted by molar-refractivity contribution is 7.80. The average molecular weight is 365 g/mol. The van der Waals surface area contributed by atoms with Crippen LogP contribution >= 0.6 is 35.4 Å². The SMILES string of the molecule is S=C(Nc1ccc(Cl)cc1)N1CCN=C1Nc1ccc(Cl)cc1. The Morgan fingerprint density at radius 3 is 2.13 bits per heavy atom. The standard InChI is InChI=1S/C16H14Cl2N4S/c17-11-1-5-13(6-2-11)20-15-19-9-10-22(15)16(23)21-14-7-3-12(18)4-8-14/h1-8H,9-10H2,(H,19,20)(H,21,23). The molecule has 3 rings (SSSR count). The average Bonchev–Trinajstić information content (AvgIpc) is 3.00. The highest BCUT2D eigenvalue weighted by Gasteiger charge is 2.21. The molecule has 23 heavy (non-hydrogen) atoms. The maximum Gasteiger partial charge on any atom is 0.204 e. The number of halogens is 2. The molecule has 0 bridgehead atoms. The molecule has 0 unspecified atom stereocenters. The molecular weight excluding hydrogens is 351 g/mol. The fourth-order valence-electron chi connectivity index (χ4n) is 2.14. The summed E-state index contributed by atoms with van der Waals surface area (Å²) in [5.74, 6) is 0.721. The molecule has 2 N–H and O–H groups in total. The van der Waals surface area contributed by atoms with Crippen LogP contribution in [0.4, 0.5) is 11.4 Å². The number of nitrogens with one attached hydrogen (secondary N) is 2. The zero-order valence-electron chi connectivity index (χ0n) is 12.1. The molecule has 4 nitrogen and oxygen atoms in total. The number of guanidine groups is 1. The molecule has 2 aromatic rings. The van der Waals surface area contributed by atoms with Crippen molar-refractivity contribution >= 4 is 57.9 Å². The summed E-state index contributed by atoms with van der Waals surface area (Å²) >= 11 is 17.3. The Bertz CT molecular complexity index is 729. The van der Waals surface area contributed by atoms with Gasteiger partial charge in [-0.1, -0.05) is 23.2 Å². The number of benzene rings is 2. The van der Waals surface area contributed by atoms with Crippen molar-refractivity contribution in [3.63, 3.8) is 0 Å². The van der Waals surface area contributed by atoms with Crippen LogP contribution in [-0.2, 0) is 0 Å². The van der Waals surface area contributed by atoms with Gasteiger partial charge in [-0.15, -0.1) is 0 Å². The van der Waals surface area contributed by atoms with Crippen LogP contribution in [0, 0.1) is 0 Å². The minimum absolute atomic E-state index is 0.588. The monoisotopic (exact) mass is 364 g/mol. The van der Waals surface area contributed by atoms with Crippen LogP contribution in [-0.4, -0.2) is 29.1 Å². The molecule has 1 aliphatic heterocycles. The largest absolute Gasteiger partial charge is 0.332 e. The summed E-state index contributed by atoms with van der Waals surface area (Å²) in [6, 6.07) is 14.9. The fraction of sp³-hybridized carbons (Fsp3) is 0.125. The molecule has 0 aromatic heterocycles. The van der Waals surface area contributed by atoms with Gasteiger partial charge in [0.2, 0.25) is 5.96 Å². The van der Waals surface area contributed by atoms with Crippen LogP contribution in [0.25, 0.3) is 0 Å². The van der Waals surface area contributed by atoms with Crippen molar-refractivity contribution in [3.8, 4) is 0 Å². The van der Waals surface area contributed by atoms with Gasteiger partial charge in [0.05, 0.1) is 6.54 Å². The normalized spacial score (nSPS) is 13.7. The molecule has 7 heteroatoms. The quantitative estimate of drug-likeness (QED) is 0.771. The van der Waals surface area contributed by atoms with Gasteiger partial charge in [-0.3, -0.25) is 9.89 Å². The number of rotatable bonds is 2. The van der Waals surface area contributed by atoms with E-state index in [2.05, 4.69) is 15.6 Å². The van der Waals surface area contributed by atoms with Gasteiger partial charge in [0.1, 0.15) is 0 Å². The lowest BCUT2D eigenvalue weighted by Gasteiger charge is -2.22. The van der Waals surface area contributed by atoms with E-state index >= 15 is 0 Å². The highest BCUT2D eigenvalue weighted by atomic mass is 35.5. The van der Waals surface area contributed by atoms with E-state index in [1.807, 2.05) is 53.4 Å². The van der Waals surface area contributed by atoms with Gasteiger partial charge in [-0.05, 0) is 60.7 Å². The number of nitrogens with zero attached hydrogens (tertiary/aromatic N) is 2. The van der Waals surface area contributed by atoms with Crippen molar-refractivity contribution in [2.45, 2.75) is 0 Å². The van der Waals surface area contributed by atoms with Crippen LogP contribution in [0.1, 0.15) is 0 Å². The van der Waals surface area contributed by atoms with Gasteiger partial charge in [-0.2, -0.15) is 0 Å². The Hall–Kier alpha value is -1.82. The minimum atomic E-state index is 0.588. The lowest BCUT2D eigenvalue weighted by atomic mass is 10.3. The summed E-state index contributed by atoms with van der Waals surface area (Å²) in [7, 11) is 0. The zero-order valence-corrected chi connectivity index (χ0v) is 14.4. The second-order valence-electron chi connectivity index (χ2n) is 4.93. The van der Waals surface area contributed by atoms with Crippen molar-refractivity contribution in [2.75, 3.05) is 23.7 Å². The number of hydrogen-bond donors (Lipinski definition) is 2. The van der Waals surface area contributed by atoms with E-state index in [4.69, 9.17) is 35.4 Å². The van der Waals surface area contributed by atoms with Crippen LogP contribution in [0.15, 0.2) is 53.5 Å². The van der Waals surface area contributed by atoms with Crippen LogP contribution in [0.2, 0.25) is 10.0 Å². The third-order valence-electron chi connectivity index (χ3n) is 3.28. The zero-order chi connectivity index (χ0) is 16.2. The summed E-state index contributed by atoms with van der Waals surface area (Å²) in [5, 5.41) is 8.43. The second-order valence-corrected chi connectivity index (χ2v) is 6.19. The van der Waals surface area contributed by atoms with Crippen molar-refractivity contribution in [2.24, 2.45) is 4.99 Å². The summed E-state index contributed by atoms with van der Waals surface area (Å²) in [6.07, 6.45) is 0. The summed E-state index contributed by atoms with van der Waals surface area (Å²) in [5.41, 5.74) is 1.80. The van der Waals surface area contributed by atoms with Crippen LogP contribution in [0.3, 0.4) is 0 Å². The predicted octanol–water partition coefficient (Wildman–Crippen LogP) is 4.47. The first-order valence-electron chi connectivity index (χ1n) is 7.03. The van der Waals surface area contributed by atoms with Crippen molar-refractivity contribution in [1.82, 2.24) is 4.90 Å². The van der Waals surface area contributed by atoms with E-state index < -0.39 is 0 Å². The maximum atomic E-state index is 5.90. The van der Waals surface area contributed by atoms with E-state index in [-0.39, 0.29) is 0 Å². The summed E-state index contributed by atoms with van der Waals surface area (Å²) < 4.78 is 0. The molecule has 0 amide bonds. The van der Waals surface area contributed by atoms with E-state index in [9.17, 15) is 0 Å². The molecular formula is C16H14Cl2N4S. The first-order chi connectivity index (χ1) is 11.1. The Balaban J connectivity index is 1.66. The first-order valence-corrected chi connectivity index (χ1v) is 8.19. The number of hydrogen-bond acceptors (Lipinski definition) is 3. The number of aliphatic imine (C=N–C) groups is 1. The Labute approximate surface area is 150 Å². The topological polar surface area (TPSA) is 39.7 Å². The second kappa shape index (κ2) is 7.17. The molecule has 2 aromatic carbocycles. The van der Waals surface area contributed by atoms with Gasteiger partial charge < -0.3 is 10.6 Å². The van der Waals surface area contributed by atoms with Gasteiger partial charge in [0.25, 0.3) is 0 Å². The third kappa shape index (κ3) is 4.13. The van der Waals surface area contributed by atoms with Gasteiger partial charge in [-0.25, -0.2) is 0 Å². The fourth-order valence-corrected chi connectivity index (χ4v) is 2.69. The molecule has 0 saturated heterocycles. The molecule has 0 saturated carbocycles. The molecule has 1 heterocycles. The summed E-state index contributed by atoms with van der Waals surface area (Å²) in [6.45, 7) is 1.42. The third-order valence-corrected chi connectivity index (χ3v) is 4.11. The molecule has 1 aliphatic rings. The van der Waals surface area contributed by atoms with E-state index in [0.717, 1.165) is 23.9 Å². The number of anilines is 2. The number of thiocarbonyl (C=S) groups is 1. The Morgan fingerprint density at radius 1 is 0.957 bits per heavy atom. The predicted molar refractivity (Wildman–Crippen MR) is 102 cm³/mol. The van der Waals surface area contributed by atoms with E-state index in [1.165, 1.54) is 0 Å². The van der Waals surface area contributed by atoms with Crippen molar-refractivity contribution in [3.05, 3.63) is 58.6 Å². The van der Waals surface area contributed by atoms with Crippen molar-refractivity contribution in [1.29, 1.82) is 0 Å². The minimum Gasteiger partial charge on any atom is -0.332 e. The molecule has 0 fully saturated rings. The Morgan fingerprint density at radius 2 is 1.52 bits per heavy atom. The molecule has 118 valence electrons. The molecule has 0 atom stereocenters. The maximum absolute atomic E-state index is 5.90. The van der Waals surface area contributed by atoms with E-state index in [1.54, 1.807) is 0 Å². The lowest BCUT2D eigenvalue weighted by Crippen LogP contribution is -2.40. The lowest BCUT2D eigenvalue weighted by molar-refractivity contribution is 0.674. The van der Waals surface area contributed by atoms with Gasteiger partial charge in [0, 0.05) is 28.0 Å². The van der Waals surface area contributed by atoms with E-state index in [0.29, 0.717) is 21.7 Å². The molecule has 0 radical (unpaired) electrons. The summed E-state index contributed by atoms with van der Waals surface area (Å²) in [4.78, 5) is 6.39. The molecule has 0 aliphatic carbocycles. The Kier molecular flexibility index (Phi) is 5.00. The smallest absolute Gasteiger partial charge is 0.204 e. The van der Waals surface area contributed by atoms with Gasteiger partial charge in [0.15, 0.2) is 5.11 Å². The van der Waals surface area contributed by atoms with Crippen LogP contribution < -0.4 is 10.6 Å². The first kappa shape index (κ1) is 16.1. The van der Waals surface area contributed by atoms with Crippen LogP contribution in [0.5, 0.6) is 0 Å². The molecule has 0 spiro atoms. The van der Waals surface area contributed by atoms with Crippen molar-refractivity contribution < 1.29 is 0 Å². The van der Waals surface area contributed by atoms with Gasteiger partial charge >= 0.3 is 0 Å². The highest BCUT2D eigenvalue weighted by Crippen LogP contribution is 2.17.